The van der Waals surface area contributed by atoms with E-state index >= 15 is 0 Å². The van der Waals surface area contributed by atoms with Crippen molar-refractivity contribution in [3.8, 4) is 11.5 Å². The highest BCUT2D eigenvalue weighted by Crippen LogP contribution is 2.31. The van der Waals surface area contributed by atoms with Crippen molar-refractivity contribution in [3.05, 3.63) is 53.1 Å². The first-order valence-corrected chi connectivity index (χ1v) is 9.97. The Morgan fingerprint density at radius 3 is 2.64 bits per heavy atom. The van der Waals surface area contributed by atoms with Crippen LogP contribution in [0.4, 0.5) is 5.82 Å². The van der Waals surface area contributed by atoms with Crippen molar-refractivity contribution >= 4 is 5.82 Å². The fourth-order valence-corrected chi connectivity index (χ4v) is 3.69. The number of pyridine rings is 1. The third-order valence-corrected chi connectivity index (χ3v) is 5.27. The van der Waals surface area contributed by atoms with E-state index in [0.29, 0.717) is 5.82 Å². The molecular formula is C22H28N6. The van der Waals surface area contributed by atoms with Crippen LogP contribution in [-0.2, 0) is 18.4 Å². The molecule has 3 aromatic heterocycles. The summed E-state index contributed by atoms with van der Waals surface area (Å²) in [4.78, 5) is 14.1. The standard InChI is InChI=1S/C22H28N6/c1-14(17-13-28(22(3,4)5)27-15(17)2)24-20-16-9-8-11-18(16)25-21(26-20)19-10-6-7-12-23-19/h6-7,10,12-14H,8-9,11H2,1-5H3,(H,24,25,26). The lowest BCUT2D eigenvalue weighted by atomic mass is 10.1. The van der Waals surface area contributed by atoms with Crippen LogP contribution in [-0.4, -0.2) is 24.7 Å². The van der Waals surface area contributed by atoms with Gasteiger partial charge in [-0.2, -0.15) is 5.10 Å². The second-order valence-electron chi connectivity index (χ2n) is 8.54. The van der Waals surface area contributed by atoms with Gasteiger partial charge in [0.2, 0.25) is 0 Å². The van der Waals surface area contributed by atoms with E-state index in [2.05, 4.69) is 51.1 Å². The predicted octanol–water partition coefficient (Wildman–Crippen LogP) is 4.46. The Balaban J connectivity index is 1.68. The fourth-order valence-electron chi connectivity index (χ4n) is 3.69. The Bertz CT molecular complexity index is 984. The fraction of sp³-hybridized carbons (Fsp3) is 0.455. The minimum Gasteiger partial charge on any atom is -0.363 e. The zero-order valence-electron chi connectivity index (χ0n) is 17.3. The van der Waals surface area contributed by atoms with Gasteiger partial charge in [-0.25, -0.2) is 9.97 Å². The van der Waals surface area contributed by atoms with E-state index in [4.69, 9.17) is 15.1 Å². The van der Waals surface area contributed by atoms with Crippen LogP contribution in [0.25, 0.3) is 11.5 Å². The number of hydrogen-bond donors (Lipinski definition) is 1. The summed E-state index contributed by atoms with van der Waals surface area (Å²) >= 11 is 0. The predicted molar refractivity (Wildman–Crippen MR) is 111 cm³/mol. The minimum absolute atomic E-state index is 0.0367. The van der Waals surface area contributed by atoms with E-state index < -0.39 is 0 Å². The summed E-state index contributed by atoms with van der Waals surface area (Å²) < 4.78 is 2.04. The Kier molecular flexibility index (Phi) is 4.65. The molecule has 0 saturated heterocycles. The largest absolute Gasteiger partial charge is 0.363 e. The number of fused-ring (bicyclic) bond motifs is 1. The van der Waals surface area contributed by atoms with Crippen LogP contribution in [0.5, 0.6) is 0 Å². The van der Waals surface area contributed by atoms with Crippen LogP contribution in [0.15, 0.2) is 30.6 Å². The molecule has 0 spiro atoms. The van der Waals surface area contributed by atoms with Crippen molar-refractivity contribution in [1.82, 2.24) is 24.7 Å². The van der Waals surface area contributed by atoms with Crippen molar-refractivity contribution in [2.24, 2.45) is 0 Å². The summed E-state index contributed by atoms with van der Waals surface area (Å²) in [5, 5.41) is 8.36. The van der Waals surface area contributed by atoms with E-state index in [1.165, 1.54) is 11.1 Å². The number of hydrogen-bond acceptors (Lipinski definition) is 5. The van der Waals surface area contributed by atoms with Crippen molar-refractivity contribution < 1.29 is 0 Å². The highest BCUT2D eigenvalue weighted by Gasteiger charge is 2.24. The van der Waals surface area contributed by atoms with E-state index in [1.807, 2.05) is 22.9 Å². The third kappa shape index (κ3) is 3.51. The number of anilines is 1. The van der Waals surface area contributed by atoms with Crippen LogP contribution in [0.1, 0.15) is 62.7 Å². The zero-order valence-corrected chi connectivity index (χ0v) is 17.3. The van der Waals surface area contributed by atoms with Gasteiger partial charge in [0, 0.05) is 29.2 Å². The van der Waals surface area contributed by atoms with Gasteiger partial charge in [-0.3, -0.25) is 9.67 Å². The molecule has 1 atom stereocenters. The van der Waals surface area contributed by atoms with Crippen molar-refractivity contribution in [2.45, 2.75) is 65.5 Å². The molecule has 28 heavy (non-hydrogen) atoms. The molecule has 0 radical (unpaired) electrons. The molecule has 3 heterocycles. The number of rotatable bonds is 4. The monoisotopic (exact) mass is 376 g/mol. The summed E-state index contributed by atoms with van der Waals surface area (Å²) in [6.45, 7) is 10.7. The molecule has 1 aliphatic rings. The van der Waals surface area contributed by atoms with Crippen molar-refractivity contribution in [2.75, 3.05) is 5.32 Å². The maximum atomic E-state index is 4.85. The highest BCUT2D eigenvalue weighted by molar-refractivity contribution is 5.58. The lowest BCUT2D eigenvalue weighted by Crippen LogP contribution is -2.22. The van der Waals surface area contributed by atoms with E-state index in [-0.39, 0.29) is 11.6 Å². The first-order chi connectivity index (χ1) is 13.3. The van der Waals surface area contributed by atoms with Gasteiger partial charge in [0.05, 0.1) is 17.3 Å². The van der Waals surface area contributed by atoms with Crippen LogP contribution in [0.3, 0.4) is 0 Å². The Hall–Kier alpha value is -2.76. The highest BCUT2D eigenvalue weighted by atomic mass is 15.3. The molecule has 3 aromatic rings. The van der Waals surface area contributed by atoms with Gasteiger partial charge in [0.25, 0.3) is 0 Å². The molecule has 1 N–H and O–H groups in total. The summed E-state index contributed by atoms with van der Waals surface area (Å²) in [5.41, 5.74) is 5.40. The van der Waals surface area contributed by atoms with Crippen molar-refractivity contribution in [3.63, 3.8) is 0 Å². The number of aromatic nitrogens is 5. The molecule has 1 unspecified atom stereocenters. The molecule has 0 aromatic carbocycles. The first kappa shape index (κ1) is 18.6. The zero-order chi connectivity index (χ0) is 19.9. The summed E-state index contributed by atoms with van der Waals surface area (Å²) in [6.07, 6.45) is 7.08. The Morgan fingerprint density at radius 2 is 1.96 bits per heavy atom. The van der Waals surface area contributed by atoms with Gasteiger partial charge in [0.1, 0.15) is 11.5 Å². The molecule has 146 valence electrons. The third-order valence-electron chi connectivity index (χ3n) is 5.27. The summed E-state index contributed by atoms with van der Waals surface area (Å²) in [7, 11) is 0. The minimum atomic E-state index is -0.0367. The van der Waals surface area contributed by atoms with E-state index in [0.717, 1.165) is 42.2 Å². The molecule has 6 nitrogen and oxygen atoms in total. The SMILES string of the molecule is Cc1nn(C(C)(C)C)cc1C(C)Nc1nc(-c2ccccn2)nc2c1CCC2. The number of aryl methyl sites for hydroxylation is 2. The second kappa shape index (κ2) is 7.00. The average Bonchev–Trinajstić information content (AvgIpc) is 3.28. The van der Waals surface area contributed by atoms with E-state index in [1.54, 1.807) is 6.20 Å². The molecule has 0 bridgehead atoms. The molecule has 0 saturated carbocycles. The summed E-state index contributed by atoms with van der Waals surface area (Å²) in [5.74, 6) is 1.62. The molecule has 4 rings (SSSR count). The number of nitrogens with one attached hydrogen (secondary N) is 1. The molecule has 0 aliphatic heterocycles. The van der Waals surface area contributed by atoms with Gasteiger partial charge < -0.3 is 5.32 Å². The van der Waals surface area contributed by atoms with Crippen molar-refractivity contribution in [1.29, 1.82) is 0 Å². The van der Waals surface area contributed by atoms with Gasteiger partial charge in [0.15, 0.2) is 5.82 Å². The van der Waals surface area contributed by atoms with Crippen LogP contribution in [0.2, 0.25) is 0 Å². The van der Waals surface area contributed by atoms with Gasteiger partial charge in [-0.1, -0.05) is 6.07 Å². The quantitative estimate of drug-likeness (QED) is 0.728. The Morgan fingerprint density at radius 1 is 1.14 bits per heavy atom. The second-order valence-corrected chi connectivity index (χ2v) is 8.54. The maximum absolute atomic E-state index is 4.85. The topological polar surface area (TPSA) is 68.5 Å². The first-order valence-electron chi connectivity index (χ1n) is 9.97. The molecule has 1 aliphatic carbocycles. The van der Waals surface area contributed by atoms with Gasteiger partial charge >= 0.3 is 0 Å². The van der Waals surface area contributed by atoms with Crippen LogP contribution < -0.4 is 5.32 Å². The maximum Gasteiger partial charge on any atom is 0.180 e. The van der Waals surface area contributed by atoms with Crippen LogP contribution >= 0.6 is 0 Å². The lowest BCUT2D eigenvalue weighted by molar-refractivity contribution is 0.354. The van der Waals surface area contributed by atoms with Crippen LogP contribution in [0, 0.1) is 6.92 Å². The molecule has 6 heteroatoms. The summed E-state index contributed by atoms with van der Waals surface area (Å²) in [6, 6.07) is 5.95. The van der Waals surface area contributed by atoms with E-state index in [9.17, 15) is 0 Å². The molecular weight excluding hydrogens is 348 g/mol. The average molecular weight is 377 g/mol. The Labute approximate surface area is 166 Å². The van der Waals surface area contributed by atoms with Gasteiger partial charge in [-0.15, -0.1) is 0 Å². The molecule has 0 fully saturated rings. The molecule has 0 amide bonds. The normalized spacial score (nSPS) is 14.8. The smallest absolute Gasteiger partial charge is 0.180 e. The lowest BCUT2D eigenvalue weighted by Gasteiger charge is -2.19. The number of nitrogens with zero attached hydrogens (tertiary/aromatic N) is 5. The van der Waals surface area contributed by atoms with Gasteiger partial charge in [-0.05, 0) is 66.0 Å².